The van der Waals surface area contributed by atoms with Gasteiger partial charge in [-0.2, -0.15) is 30.2 Å². The minimum Gasteiger partial charge on any atom is -0.325 e. The third-order valence-corrected chi connectivity index (χ3v) is 6.43. The molecule has 1 aliphatic rings. The third kappa shape index (κ3) is 4.67. The molecule has 1 aliphatic heterocycles. The second kappa shape index (κ2) is 7.71. The van der Waals surface area contributed by atoms with Gasteiger partial charge in [0.25, 0.3) is 10.2 Å². The Morgan fingerprint density at radius 1 is 1.27 bits per heavy atom. The van der Waals surface area contributed by atoms with E-state index in [2.05, 4.69) is 5.32 Å². The van der Waals surface area contributed by atoms with Gasteiger partial charge < -0.3 is 5.32 Å². The highest BCUT2D eigenvalue weighted by molar-refractivity contribution is 7.86. The molecule has 6 nitrogen and oxygen atoms in total. The normalized spacial score (nSPS) is 17.5. The van der Waals surface area contributed by atoms with Crippen LogP contribution < -0.4 is 5.32 Å². The number of rotatable bonds is 4. The van der Waals surface area contributed by atoms with Crippen molar-refractivity contribution in [2.45, 2.75) is 19.0 Å². The molecule has 146 valence electrons. The monoisotopic (exact) mass is 413 g/mol. The van der Waals surface area contributed by atoms with Crippen LogP contribution in [0.5, 0.6) is 0 Å². The molecule has 0 aromatic heterocycles. The van der Waals surface area contributed by atoms with Crippen LogP contribution in [0.25, 0.3) is 0 Å². The van der Waals surface area contributed by atoms with Gasteiger partial charge in [-0.05, 0) is 31.0 Å². The van der Waals surface area contributed by atoms with E-state index in [1.807, 2.05) is 0 Å². The standard InChI is InChI=1S/C15H19ClF3N3O3S/c1-21(2)26(24,25)22-7-5-10(6-8-22)14(23)20-13-9-11(15(17,18)19)3-4-12(13)16/h3-4,9-10H,5-8H2,1-2H3,(H,20,23). The highest BCUT2D eigenvalue weighted by Crippen LogP contribution is 2.34. The number of hydrogen-bond donors (Lipinski definition) is 1. The maximum absolute atomic E-state index is 12.8. The van der Waals surface area contributed by atoms with Crippen molar-refractivity contribution < 1.29 is 26.4 Å². The molecule has 0 unspecified atom stereocenters. The summed E-state index contributed by atoms with van der Waals surface area (Å²) in [5.41, 5.74) is -1.03. The molecular weight excluding hydrogens is 395 g/mol. The fourth-order valence-corrected chi connectivity index (χ4v) is 3.91. The average Bonchev–Trinajstić information content (AvgIpc) is 2.55. The lowest BCUT2D eigenvalue weighted by Gasteiger charge is -2.32. The Hall–Kier alpha value is -1.36. The van der Waals surface area contributed by atoms with E-state index in [9.17, 15) is 26.4 Å². The van der Waals surface area contributed by atoms with E-state index in [0.29, 0.717) is 0 Å². The van der Waals surface area contributed by atoms with E-state index in [1.165, 1.54) is 18.4 Å². The number of carbonyl (C=O) groups excluding carboxylic acids is 1. The first-order chi connectivity index (χ1) is 11.9. The predicted octanol–water partition coefficient (Wildman–Crippen LogP) is 2.82. The topological polar surface area (TPSA) is 69.7 Å². The molecule has 1 aromatic rings. The molecule has 11 heteroatoms. The van der Waals surface area contributed by atoms with Crippen LogP contribution in [-0.4, -0.2) is 50.1 Å². The van der Waals surface area contributed by atoms with Gasteiger partial charge in [0.05, 0.1) is 16.3 Å². The molecule has 0 saturated carbocycles. The maximum atomic E-state index is 12.8. The van der Waals surface area contributed by atoms with Crippen molar-refractivity contribution in [3.05, 3.63) is 28.8 Å². The lowest BCUT2D eigenvalue weighted by molar-refractivity contribution is -0.137. The number of amides is 1. The molecule has 26 heavy (non-hydrogen) atoms. The van der Waals surface area contributed by atoms with Gasteiger partial charge in [-0.25, -0.2) is 0 Å². The summed E-state index contributed by atoms with van der Waals surface area (Å²) in [6.45, 7) is 0.323. The van der Waals surface area contributed by atoms with Crippen LogP contribution in [0.1, 0.15) is 18.4 Å². The smallest absolute Gasteiger partial charge is 0.325 e. The van der Waals surface area contributed by atoms with Crippen LogP contribution in [0, 0.1) is 5.92 Å². The maximum Gasteiger partial charge on any atom is 0.416 e. The Labute approximate surface area is 155 Å². The summed E-state index contributed by atoms with van der Waals surface area (Å²) in [6, 6.07) is 2.70. The molecular formula is C15H19ClF3N3O3S. The van der Waals surface area contributed by atoms with Gasteiger partial charge >= 0.3 is 6.18 Å². The zero-order valence-electron chi connectivity index (χ0n) is 14.2. The van der Waals surface area contributed by atoms with Crippen molar-refractivity contribution in [1.29, 1.82) is 0 Å². The van der Waals surface area contributed by atoms with Crippen LogP contribution in [0.4, 0.5) is 18.9 Å². The summed E-state index contributed by atoms with van der Waals surface area (Å²) in [5.74, 6) is -0.984. The molecule has 1 amide bonds. The van der Waals surface area contributed by atoms with Gasteiger partial charge in [-0.3, -0.25) is 4.79 Å². The van der Waals surface area contributed by atoms with Crippen LogP contribution in [0.15, 0.2) is 18.2 Å². The first kappa shape index (κ1) is 20.9. The van der Waals surface area contributed by atoms with Gasteiger partial charge in [-0.1, -0.05) is 11.6 Å². The van der Waals surface area contributed by atoms with Crippen LogP contribution in [0.3, 0.4) is 0 Å². The summed E-state index contributed by atoms with van der Waals surface area (Å²) in [6.07, 6.45) is -4.00. The van der Waals surface area contributed by atoms with Crippen molar-refractivity contribution in [2.24, 2.45) is 5.92 Å². The zero-order valence-corrected chi connectivity index (χ0v) is 15.7. The van der Waals surface area contributed by atoms with E-state index >= 15 is 0 Å². The Bertz CT molecular complexity index is 776. The molecule has 0 spiro atoms. The number of benzene rings is 1. The van der Waals surface area contributed by atoms with E-state index < -0.39 is 33.8 Å². The lowest BCUT2D eigenvalue weighted by atomic mass is 9.97. The summed E-state index contributed by atoms with van der Waals surface area (Å²) < 4.78 is 64.8. The van der Waals surface area contributed by atoms with Crippen molar-refractivity contribution >= 4 is 33.4 Å². The second-order valence-electron chi connectivity index (χ2n) is 6.15. The summed E-state index contributed by atoms with van der Waals surface area (Å²) in [4.78, 5) is 12.3. The molecule has 1 saturated heterocycles. The summed E-state index contributed by atoms with van der Waals surface area (Å²) in [5, 5.41) is 2.42. The first-order valence-electron chi connectivity index (χ1n) is 7.78. The highest BCUT2D eigenvalue weighted by atomic mass is 35.5. The average molecular weight is 414 g/mol. The lowest BCUT2D eigenvalue weighted by Crippen LogP contribution is -2.46. The molecule has 0 radical (unpaired) electrons. The molecule has 1 N–H and O–H groups in total. The highest BCUT2D eigenvalue weighted by Gasteiger charge is 2.33. The van der Waals surface area contributed by atoms with Crippen molar-refractivity contribution in [3.63, 3.8) is 0 Å². The predicted molar refractivity (Wildman–Crippen MR) is 92.0 cm³/mol. The SMILES string of the molecule is CN(C)S(=O)(=O)N1CCC(C(=O)Nc2cc(C(F)(F)F)ccc2Cl)CC1. The number of anilines is 1. The fourth-order valence-electron chi connectivity index (χ4n) is 2.61. The van der Waals surface area contributed by atoms with Crippen molar-refractivity contribution in [3.8, 4) is 0 Å². The van der Waals surface area contributed by atoms with Crippen LogP contribution in [-0.2, 0) is 21.2 Å². The first-order valence-corrected chi connectivity index (χ1v) is 9.55. The Kier molecular flexibility index (Phi) is 6.21. The Morgan fingerprint density at radius 2 is 1.85 bits per heavy atom. The van der Waals surface area contributed by atoms with Crippen LogP contribution in [0.2, 0.25) is 5.02 Å². The third-order valence-electron chi connectivity index (χ3n) is 4.16. The number of nitrogens with zero attached hydrogens (tertiary/aromatic N) is 2. The molecule has 1 heterocycles. The number of hydrogen-bond acceptors (Lipinski definition) is 3. The second-order valence-corrected chi connectivity index (χ2v) is 8.69. The number of piperidine rings is 1. The van der Waals surface area contributed by atoms with Gasteiger partial charge in [0.2, 0.25) is 5.91 Å². The van der Waals surface area contributed by atoms with Crippen LogP contribution >= 0.6 is 11.6 Å². The molecule has 1 fully saturated rings. The molecule has 0 aliphatic carbocycles. The molecule has 2 rings (SSSR count). The van der Waals surface area contributed by atoms with E-state index in [-0.39, 0.29) is 36.6 Å². The number of carbonyl (C=O) groups is 1. The minimum absolute atomic E-state index is 0.000952. The van der Waals surface area contributed by atoms with Crippen molar-refractivity contribution in [1.82, 2.24) is 8.61 Å². The molecule has 0 atom stereocenters. The van der Waals surface area contributed by atoms with Gasteiger partial charge in [0.15, 0.2) is 0 Å². The largest absolute Gasteiger partial charge is 0.416 e. The van der Waals surface area contributed by atoms with E-state index in [4.69, 9.17) is 11.6 Å². The van der Waals surface area contributed by atoms with Gasteiger partial charge in [-0.15, -0.1) is 0 Å². The fraction of sp³-hybridized carbons (Fsp3) is 0.533. The summed E-state index contributed by atoms with van der Waals surface area (Å²) in [7, 11) is -0.707. The summed E-state index contributed by atoms with van der Waals surface area (Å²) >= 11 is 5.87. The Balaban J connectivity index is 2.04. The van der Waals surface area contributed by atoms with Gasteiger partial charge in [0.1, 0.15) is 0 Å². The quantitative estimate of drug-likeness (QED) is 0.825. The number of halogens is 4. The van der Waals surface area contributed by atoms with Gasteiger partial charge in [0, 0.05) is 33.1 Å². The molecule has 1 aromatic carbocycles. The molecule has 0 bridgehead atoms. The Morgan fingerprint density at radius 3 is 2.35 bits per heavy atom. The minimum atomic E-state index is -4.55. The number of alkyl halides is 3. The van der Waals surface area contributed by atoms with Crippen molar-refractivity contribution in [2.75, 3.05) is 32.5 Å². The van der Waals surface area contributed by atoms with E-state index in [1.54, 1.807) is 0 Å². The zero-order chi connectivity index (χ0) is 19.7. The number of nitrogens with one attached hydrogen (secondary N) is 1. The van der Waals surface area contributed by atoms with E-state index in [0.717, 1.165) is 22.5 Å².